The molecule has 0 unspecified atom stereocenters. The van der Waals surface area contributed by atoms with Crippen molar-refractivity contribution in [2.24, 2.45) is 0 Å². The minimum absolute atomic E-state index is 0.268. The predicted octanol–water partition coefficient (Wildman–Crippen LogP) is 1.78. The second kappa shape index (κ2) is 4.61. The highest BCUT2D eigenvalue weighted by atomic mass is 16.5. The zero-order valence-corrected chi connectivity index (χ0v) is 8.92. The molecule has 4 heteroatoms. The number of methoxy groups -OCH3 is 1. The van der Waals surface area contributed by atoms with Crippen molar-refractivity contribution in [2.75, 3.05) is 7.11 Å². The van der Waals surface area contributed by atoms with Crippen molar-refractivity contribution in [1.29, 1.82) is 0 Å². The fourth-order valence-electron chi connectivity index (χ4n) is 1.37. The molecule has 1 aromatic carbocycles. The quantitative estimate of drug-likeness (QED) is 0.849. The van der Waals surface area contributed by atoms with E-state index in [1.54, 1.807) is 25.3 Å². The fourth-order valence-corrected chi connectivity index (χ4v) is 1.37. The minimum Gasteiger partial charge on any atom is -0.508 e. The Labute approximate surface area is 93.5 Å². The lowest BCUT2D eigenvalue weighted by atomic mass is 10.1. The number of aromatic hydroxyl groups is 1. The van der Waals surface area contributed by atoms with Crippen molar-refractivity contribution >= 4 is 0 Å². The normalized spacial score (nSPS) is 10.1. The van der Waals surface area contributed by atoms with Gasteiger partial charge in [0, 0.05) is 12.5 Å². The van der Waals surface area contributed by atoms with Gasteiger partial charge in [-0.15, -0.1) is 5.10 Å². The molecular weight excluding hydrogens is 204 g/mol. The van der Waals surface area contributed by atoms with Gasteiger partial charge in [-0.3, -0.25) is 0 Å². The Balaban J connectivity index is 2.11. The van der Waals surface area contributed by atoms with Crippen LogP contribution < -0.4 is 4.74 Å². The van der Waals surface area contributed by atoms with Crippen molar-refractivity contribution in [3.63, 3.8) is 0 Å². The summed E-state index contributed by atoms with van der Waals surface area (Å²) in [7, 11) is 1.56. The number of hydrogen-bond acceptors (Lipinski definition) is 4. The number of aromatic nitrogens is 2. The van der Waals surface area contributed by atoms with E-state index < -0.39 is 0 Å². The topological polar surface area (TPSA) is 55.2 Å². The van der Waals surface area contributed by atoms with E-state index in [9.17, 15) is 0 Å². The maximum Gasteiger partial charge on any atom is 0.233 e. The van der Waals surface area contributed by atoms with Gasteiger partial charge in [-0.25, -0.2) is 0 Å². The Morgan fingerprint density at radius 2 is 1.81 bits per heavy atom. The highest BCUT2D eigenvalue weighted by molar-refractivity contribution is 5.28. The van der Waals surface area contributed by atoms with E-state index in [0.717, 1.165) is 11.3 Å². The molecule has 2 rings (SSSR count). The molecule has 1 heterocycles. The molecule has 0 radical (unpaired) electrons. The molecular formula is C12H12N2O2. The van der Waals surface area contributed by atoms with Gasteiger partial charge in [0.15, 0.2) is 0 Å². The van der Waals surface area contributed by atoms with Gasteiger partial charge in [0.05, 0.1) is 12.8 Å². The summed E-state index contributed by atoms with van der Waals surface area (Å²) in [5.41, 5.74) is 1.95. The molecule has 0 fully saturated rings. The van der Waals surface area contributed by atoms with Gasteiger partial charge in [-0.05, 0) is 23.8 Å². The third kappa shape index (κ3) is 2.48. The van der Waals surface area contributed by atoms with Gasteiger partial charge in [0.25, 0.3) is 0 Å². The predicted molar refractivity (Wildman–Crippen MR) is 59.5 cm³/mol. The summed E-state index contributed by atoms with van der Waals surface area (Å²) < 4.78 is 4.93. The Bertz CT molecular complexity index is 451. The number of nitrogens with zero attached hydrogens (tertiary/aromatic N) is 2. The monoisotopic (exact) mass is 216 g/mol. The Morgan fingerprint density at radius 3 is 2.38 bits per heavy atom. The maximum atomic E-state index is 9.15. The molecule has 0 aliphatic rings. The van der Waals surface area contributed by atoms with Crippen LogP contribution in [0.15, 0.2) is 36.4 Å². The third-order valence-corrected chi connectivity index (χ3v) is 2.23. The van der Waals surface area contributed by atoms with E-state index in [1.807, 2.05) is 18.2 Å². The van der Waals surface area contributed by atoms with Crippen LogP contribution in [0.3, 0.4) is 0 Å². The highest BCUT2D eigenvalue weighted by Crippen LogP contribution is 2.13. The van der Waals surface area contributed by atoms with Crippen LogP contribution in [-0.2, 0) is 6.42 Å². The van der Waals surface area contributed by atoms with Crippen LogP contribution in [0.2, 0.25) is 0 Å². The van der Waals surface area contributed by atoms with Crippen molar-refractivity contribution in [3.05, 3.63) is 47.7 Å². The fraction of sp³-hybridized carbons (Fsp3) is 0.167. The molecule has 4 nitrogen and oxygen atoms in total. The first-order chi connectivity index (χ1) is 7.78. The zero-order valence-electron chi connectivity index (χ0n) is 8.92. The molecule has 0 saturated carbocycles. The number of phenols is 1. The zero-order chi connectivity index (χ0) is 11.4. The third-order valence-electron chi connectivity index (χ3n) is 2.23. The van der Waals surface area contributed by atoms with Crippen LogP contribution in [0.4, 0.5) is 0 Å². The first kappa shape index (κ1) is 10.4. The molecule has 2 aromatic rings. The van der Waals surface area contributed by atoms with Crippen molar-refractivity contribution < 1.29 is 9.84 Å². The summed E-state index contributed by atoms with van der Waals surface area (Å²) in [6.07, 6.45) is 0.692. The molecule has 0 bridgehead atoms. The molecule has 0 aliphatic carbocycles. The van der Waals surface area contributed by atoms with Crippen molar-refractivity contribution in [2.45, 2.75) is 6.42 Å². The van der Waals surface area contributed by atoms with Crippen LogP contribution in [0.1, 0.15) is 11.3 Å². The van der Waals surface area contributed by atoms with Crippen LogP contribution in [0, 0.1) is 0 Å². The standard InChI is InChI=1S/C12H12N2O2/c1-16-12-7-4-10(13-14-12)8-9-2-5-11(15)6-3-9/h2-7,15H,8H2,1H3. The number of hydrogen-bond donors (Lipinski definition) is 1. The van der Waals surface area contributed by atoms with Crippen LogP contribution in [0.25, 0.3) is 0 Å². The molecule has 1 aromatic heterocycles. The smallest absolute Gasteiger partial charge is 0.233 e. The largest absolute Gasteiger partial charge is 0.508 e. The van der Waals surface area contributed by atoms with Gasteiger partial charge in [-0.2, -0.15) is 5.10 Å². The van der Waals surface area contributed by atoms with E-state index >= 15 is 0 Å². The van der Waals surface area contributed by atoms with E-state index in [4.69, 9.17) is 9.84 Å². The van der Waals surface area contributed by atoms with E-state index in [0.29, 0.717) is 12.3 Å². The lowest BCUT2D eigenvalue weighted by molar-refractivity contribution is 0.391. The van der Waals surface area contributed by atoms with Gasteiger partial charge >= 0.3 is 0 Å². The average molecular weight is 216 g/mol. The van der Waals surface area contributed by atoms with Crippen LogP contribution in [-0.4, -0.2) is 22.4 Å². The number of rotatable bonds is 3. The summed E-state index contributed by atoms with van der Waals surface area (Å²) in [6.45, 7) is 0. The number of benzene rings is 1. The summed E-state index contributed by atoms with van der Waals surface area (Å²) in [5.74, 6) is 0.777. The summed E-state index contributed by atoms with van der Waals surface area (Å²) in [5, 5.41) is 17.1. The number of ether oxygens (including phenoxy) is 1. The van der Waals surface area contributed by atoms with Gasteiger partial charge in [0.2, 0.25) is 5.88 Å². The summed E-state index contributed by atoms with van der Waals surface area (Å²) >= 11 is 0. The first-order valence-corrected chi connectivity index (χ1v) is 4.92. The molecule has 0 amide bonds. The second-order valence-corrected chi connectivity index (χ2v) is 3.41. The van der Waals surface area contributed by atoms with Gasteiger partial charge < -0.3 is 9.84 Å². The van der Waals surface area contributed by atoms with Gasteiger partial charge in [0.1, 0.15) is 5.75 Å². The van der Waals surface area contributed by atoms with Gasteiger partial charge in [-0.1, -0.05) is 12.1 Å². The number of phenolic OH excluding ortho intramolecular Hbond substituents is 1. The molecule has 0 saturated heterocycles. The Morgan fingerprint density at radius 1 is 1.06 bits per heavy atom. The van der Waals surface area contributed by atoms with E-state index in [-0.39, 0.29) is 5.75 Å². The lowest BCUT2D eigenvalue weighted by Crippen LogP contribution is -1.96. The molecule has 0 atom stereocenters. The van der Waals surface area contributed by atoms with E-state index in [2.05, 4.69) is 10.2 Å². The minimum atomic E-state index is 0.268. The molecule has 82 valence electrons. The van der Waals surface area contributed by atoms with Crippen molar-refractivity contribution in [3.8, 4) is 11.6 Å². The van der Waals surface area contributed by atoms with Crippen molar-refractivity contribution in [1.82, 2.24) is 10.2 Å². The second-order valence-electron chi connectivity index (χ2n) is 3.41. The SMILES string of the molecule is COc1ccc(Cc2ccc(O)cc2)nn1. The molecule has 1 N–H and O–H groups in total. The first-order valence-electron chi connectivity index (χ1n) is 4.92. The highest BCUT2D eigenvalue weighted by Gasteiger charge is 1.99. The molecule has 16 heavy (non-hydrogen) atoms. The Hall–Kier alpha value is -2.10. The Kier molecular flexibility index (Phi) is 3.00. The maximum absolute atomic E-state index is 9.15. The van der Waals surface area contributed by atoms with E-state index in [1.165, 1.54) is 0 Å². The average Bonchev–Trinajstić information content (AvgIpc) is 2.33. The van der Waals surface area contributed by atoms with Crippen LogP contribution >= 0.6 is 0 Å². The van der Waals surface area contributed by atoms with Crippen LogP contribution in [0.5, 0.6) is 11.6 Å². The summed E-state index contributed by atoms with van der Waals surface area (Å²) in [4.78, 5) is 0. The molecule has 0 spiro atoms. The summed E-state index contributed by atoms with van der Waals surface area (Å²) in [6, 6.07) is 10.7. The lowest BCUT2D eigenvalue weighted by Gasteiger charge is -2.02. The molecule has 0 aliphatic heterocycles.